The Morgan fingerprint density at radius 2 is 1.95 bits per heavy atom. The van der Waals surface area contributed by atoms with E-state index in [4.69, 9.17) is 4.74 Å². The number of hydrogen-bond acceptors (Lipinski definition) is 4. The first-order valence-corrected chi connectivity index (χ1v) is 9.26. The molecule has 0 atom stereocenters. The first-order chi connectivity index (χ1) is 10.3. The van der Waals surface area contributed by atoms with Gasteiger partial charge in [-0.1, -0.05) is 19.1 Å². The van der Waals surface area contributed by atoms with Crippen molar-refractivity contribution in [1.29, 1.82) is 0 Å². The molecule has 0 radical (unpaired) electrons. The molecule has 1 aromatic carbocycles. The van der Waals surface area contributed by atoms with E-state index in [1.165, 1.54) is 5.56 Å². The van der Waals surface area contributed by atoms with Crippen LogP contribution >= 0.6 is 0 Å². The summed E-state index contributed by atoms with van der Waals surface area (Å²) in [6, 6.07) is 8.30. The maximum absolute atomic E-state index is 11.3. The molecule has 2 rings (SSSR count). The second-order valence-electron chi connectivity index (χ2n) is 5.36. The molecule has 1 aliphatic rings. The normalized spacial score (nSPS) is 17.0. The maximum atomic E-state index is 11.3. The lowest BCUT2D eigenvalue weighted by molar-refractivity contribution is 0.221. The van der Waals surface area contributed by atoms with Gasteiger partial charge in [0.15, 0.2) is 0 Å². The lowest BCUT2D eigenvalue weighted by Crippen LogP contribution is -2.39. The standard InChI is InChI=1S/C16H26N2O2S/c1-2-7-17-14-15-3-5-16(6-4-15)20-11-8-18-9-12-21(19)13-10-18/h3-6,17H,2,7-14H2,1H3. The van der Waals surface area contributed by atoms with Crippen molar-refractivity contribution in [3.63, 3.8) is 0 Å². The summed E-state index contributed by atoms with van der Waals surface area (Å²) in [4.78, 5) is 2.32. The minimum absolute atomic E-state index is 0.597. The van der Waals surface area contributed by atoms with Gasteiger partial charge in [-0.05, 0) is 30.7 Å². The zero-order chi connectivity index (χ0) is 14.9. The van der Waals surface area contributed by atoms with Crippen LogP contribution in [0.15, 0.2) is 24.3 Å². The predicted octanol–water partition coefficient (Wildman–Crippen LogP) is 1.63. The molecule has 118 valence electrons. The molecule has 1 heterocycles. The van der Waals surface area contributed by atoms with Crippen LogP contribution in [-0.4, -0.2) is 53.4 Å². The average molecular weight is 310 g/mol. The van der Waals surface area contributed by atoms with Gasteiger partial charge in [0.25, 0.3) is 0 Å². The van der Waals surface area contributed by atoms with Crippen molar-refractivity contribution in [2.75, 3.05) is 44.3 Å². The molecular weight excluding hydrogens is 284 g/mol. The minimum atomic E-state index is -0.597. The lowest BCUT2D eigenvalue weighted by atomic mass is 10.2. The molecule has 0 bridgehead atoms. The molecule has 0 unspecified atom stereocenters. The Bertz CT molecular complexity index is 426. The van der Waals surface area contributed by atoms with Gasteiger partial charge in [0.05, 0.1) is 0 Å². The first kappa shape index (κ1) is 16.5. The van der Waals surface area contributed by atoms with Crippen molar-refractivity contribution >= 4 is 10.8 Å². The third kappa shape index (κ3) is 6.16. The Morgan fingerprint density at radius 1 is 1.24 bits per heavy atom. The van der Waals surface area contributed by atoms with Gasteiger partial charge in [-0.2, -0.15) is 0 Å². The van der Waals surface area contributed by atoms with Crippen molar-refractivity contribution in [3.8, 4) is 5.75 Å². The van der Waals surface area contributed by atoms with Gasteiger partial charge in [0.2, 0.25) is 0 Å². The maximum Gasteiger partial charge on any atom is 0.119 e. The van der Waals surface area contributed by atoms with Gasteiger partial charge in [0, 0.05) is 48.5 Å². The number of ether oxygens (including phenoxy) is 1. The summed E-state index contributed by atoms with van der Waals surface area (Å²) in [5.74, 6) is 2.54. The molecule has 21 heavy (non-hydrogen) atoms. The summed E-state index contributed by atoms with van der Waals surface area (Å²) in [5, 5.41) is 3.39. The van der Waals surface area contributed by atoms with Crippen molar-refractivity contribution in [2.45, 2.75) is 19.9 Å². The van der Waals surface area contributed by atoms with Crippen LogP contribution < -0.4 is 10.1 Å². The Hall–Kier alpha value is -0.910. The SMILES string of the molecule is CCCNCc1ccc(OCCN2CCS(=O)CC2)cc1. The van der Waals surface area contributed by atoms with Crippen molar-refractivity contribution in [2.24, 2.45) is 0 Å². The third-order valence-corrected chi connectivity index (χ3v) is 4.90. The van der Waals surface area contributed by atoms with Crippen molar-refractivity contribution < 1.29 is 8.95 Å². The zero-order valence-electron chi connectivity index (χ0n) is 12.8. The van der Waals surface area contributed by atoms with E-state index in [-0.39, 0.29) is 0 Å². The highest BCUT2D eigenvalue weighted by Gasteiger charge is 2.14. The van der Waals surface area contributed by atoms with Gasteiger partial charge in [-0.25, -0.2) is 0 Å². The summed E-state index contributed by atoms with van der Waals surface area (Å²) >= 11 is 0. The Balaban J connectivity index is 1.65. The molecule has 0 aliphatic carbocycles. The second-order valence-corrected chi connectivity index (χ2v) is 7.06. The van der Waals surface area contributed by atoms with Crippen LogP contribution in [0.5, 0.6) is 5.75 Å². The van der Waals surface area contributed by atoms with E-state index < -0.39 is 10.8 Å². The summed E-state index contributed by atoms with van der Waals surface area (Å²) in [7, 11) is -0.597. The summed E-state index contributed by atoms with van der Waals surface area (Å²) in [6.07, 6.45) is 1.16. The monoisotopic (exact) mass is 310 g/mol. The highest BCUT2D eigenvalue weighted by molar-refractivity contribution is 7.85. The van der Waals surface area contributed by atoms with E-state index in [1.807, 2.05) is 12.1 Å². The third-order valence-electron chi connectivity index (χ3n) is 3.63. The van der Waals surface area contributed by atoms with E-state index in [0.717, 1.165) is 56.4 Å². The average Bonchev–Trinajstić information content (AvgIpc) is 2.51. The number of benzene rings is 1. The van der Waals surface area contributed by atoms with Crippen LogP contribution in [-0.2, 0) is 17.3 Å². The molecule has 0 aromatic heterocycles. The number of rotatable bonds is 8. The van der Waals surface area contributed by atoms with Crippen LogP contribution in [0.3, 0.4) is 0 Å². The fraction of sp³-hybridized carbons (Fsp3) is 0.625. The molecule has 1 fully saturated rings. The second kappa shape index (κ2) is 9.18. The summed E-state index contributed by atoms with van der Waals surface area (Å²) < 4.78 is 17.1. The van der Waals surface area contributed by atoms with Crippen LogP contribution in [0.4, 0.5) is 0 Å². The smallest absolute Gasteiger partial charge is 0.119 e. The van der Waals surface area contributed by atoms with E-state index in [1.54, 1.807) is 0 Å². The largest absolute Gasteiger partial charge is 0.492 e. The van der Waals surface area contributed by atoms with Gasteiger partial charge < -0.3 is 10.1 Å². The lowest BCUT2D eigenvalue weighted by Gasteiger charge is -2.25. The Labute approximate surface area is 130 Å². The van der Waals surface area contributed by atoms with Gasteiger partial charge in [0.1, 0.15) is 12.4 Å². The van der Waals surface area contributed by atoms with Crippen LogP contribution in [0.2, 0.25) is 0 Å². The quantitative estimate of drug-likeness (QED) is 0.741. The fourth-order valence-corrected chi connectivity index (χ4v) is 3.43. The van der Waals surface area contributed by atoms with Crippen molar-refractivity contribution in [1.82, 2.24) is 10.2 Å². The zero-order valence-corrected chi connectivity index (χ0v) is 13.7. The summed E-state index contributed by atoms with van der Waals surface area (Å²) in [5.41, 5.74) is 1.29. The van der Waals surface area contributed by atoms with Crippen LogP contribution in [0, 0.1) is 0 Å². The number of hydrogen-bond donors (Lipinski definition) is 1. The van der Waals surface area contributed by atoms with Gasteiger partial charge in [-0.15, -0.1) is 0 Å². The van der Waals surface area contributed by atoms with E-state index >= 15 is 0 Å². The highest BCUT2D eigenvalue weighted by Crippen LogP contribution is 2.12. The minimum Gasteiger partial charge on any atom is -0.492 e. The molecule has 1 N–H and O–H groups in total. The molecule has 0 spiro atoms. The first-order valence-electron chi connectivity index (χ1n) is 7.77. The number of nitrogens with one attached hydrogen (secondary N) is 1. The number of nitrogens with zero attached hydrogens (tertiary/aromatic N) is 1. The Kier molecular flexibility index (Phi) is 7.19. The van der Waals surface area contributed by atoms with E-state index in [9.17, 15) is 4.21 Å². The van der Waals surface area contributed by atoms with E-state index in [0.29, 0.717) is 6.61 Å². The predicted molar refractivity (Wildman–Crippen MR) is 88.3 cm³/mol. The molecule has 1 aromatic rings. The van der Waals surface area contributed by atoms with Gasteiger partial charge >= 0.3 is 0 Å². The van der Waals surface area contributed by atoms with Crippen LogP contribution in [0.1, 0.15) is 18.9 Å². The molecule has 4 nitrogen and oxygen atoms in total. The van der Waals surface area contributed by atoms with Crippen LogP contribution in [0.25, 0.3) is 0 Å². The molecule has 5 heteroatoms. The molecule has 0 amide bonds. The highest BCUT2D eigenvalue weighted by atomic mass is 32.2. The van der Waals surface area contributed by atoms with E-state index in [2.05, 4.69) is 29.3 Å². The van der Waals surface area contributed by atoms with Gasteiger partial charge in [-0.3, -0.25) is 9.11 Å². The molecule has 1 saturated heterocycles. The molecule has 0 saturated carbocycles. The topological polar surface area (TPSA) is 41.6 Å². The fourth-order valence-electron chi connectivity index (χ4n) is 2.30. The Morgan fingerprint density at radius 3 is 2.62 bits per heavy atom. The molecule has 1 aliphatic heterocycles. The summed E-state index contributed by atoms with van der Waals surface area (Å²) in [6.45, 7) is 7.61. The van der Waals surface area contributed by atoms with Crippen molar-refractivity contribution in [3.05, 3.63) is 29.8 Å². The molecular formula is C16H26N2O2S.